The number of unbranched alkanes of at least 4 members (excludes halogenated alkanes) is 1. The molecular formula is C11H22O2. The van der Waals surface area contributed by atoms with Gasteiger partial charge in [0.2, 0.25) is 0 Å². The minimum atomic E-state index is 0.143. The van der Waals surface area contributed by atoms with Crippen LogP contribution in [0.1, 0.15) is 46.0 Å². The smallest absolute Gasteiger partial charge is 0.122 e. The molecule has 13 heavy (non-hydrogen) atoms. The Hall–Kier alpha value is -0.370. The van der Waals surface area contributed by atoms with E-state index in [0.717, 1.165) is 18.6 Å². The number of carbonyl (C=O) groups excluding carboxylic acids is 1. The molecule has 0 saturated carbocycles. The Morgan fingerprint density at radius 1 is 1.23 bits per heavy atom. The molecule has 0 heterocycles. The zero-order valence-corrected chi connectivity index (χ0v) is 9.08. The molecule has 0 radical (unpaired) electrons. The van der Waals surface area contributed by atoms with Crippen molar-refractivity contribution in [2.45, 2.75) is 52.1 Å². The maximum Gasteiger partial charge on any atom is 0.122 e. The lowest BCUT2D eigenvalue weighted by Crippen LogP contribution is -2.10. The minimum Gasteiger partial charge on any atom is -0.381 e. The standard InChI is InChI=1S/C11H22O2/c1-10(2)6-4-5-7-11(13-3)8-9-12/h9-11H,4-8H2,1-3H3. The largest absolute Gasteiger partial charge is 0.381 e. The molecule has 0 spiro atoms. The van der Waals surface area contributed by atoms with Crippen molar-refractivity contribution < 1.29 is 9.53 Å². The molecule has 1 unspecified atom stereocenters. The van der Waals surface area contributed by atoms with Crippen LogP contribution in [0.2, 0.25) is 0 Å². The van der Waals surface area contributed by atoms with Crippen molar-refractivity contribution in [2.75, 3.05) is 7.11 Å². The summed E-state index contributed by atoms with van der Waals surface area (Å²) in [5.74, 6) is 0.784. The maximum atomic E-state index is 10.2. The van der Waals surface area contributed by atoms with Crippen molar-refractivity contribution in [1.82, 2.24) is 0 Å². The van der Waals surface area contributed by atoms with Crippen LogP contribution in [0.25, 0.3) is 0 Å². The number of aldehydes is 1. The van der Waals surface area contributed by atoms with Crippen LogP contribution in [-0.4, -0.2) is 19.5 Å². The fraction of sp³-hybridized carbons (Fsp3) is 0.909. The van der Waals surface area contributed by atoms with Gasteiger partial charge in [0.25, 0.3) is 0 Å². The summed E-state index contributed by atoms with van der Waals surface area (Å²) >= 11 is 0. The molecule has 0 aromatic carbocycles. The van der Waals surface area contributed by atoms with Gasteiger partial charge in [0.1, 0.15) is 6.29 Å². The summed E-state index contributed by atoms with van der Waals surface area (Å²) in [4.78, 5) is 10.2. The highest BCUT2D eigenvalue weighted by atomic mass is 16.5. The van der Waals surface area contributed by atoms with E-state index in [-0.39, 0.29) is 6.10 Å². The SMILES string of the molecule is COC(CC=O)CCCCC(C)C. The van der Waals surface area contributed by atoms with Crippen LogP contribution in [0.5, 0.6) is 0 Å². The van der Waals surface area contributed by atoms with Crippen molar-refractivity contribution in [2.24, 2.45) is 5.92 Å². The monoisotopic (exact) mass is 186 g/mol. The molecule has 0 aliphatic carbocycles. The number of hydrogen-bond donors (Lipinski definition) is 0. The Bertz CT molecular complexity index is 121. The molecule has 0 rings (SSSR count). The number of hydrogen-bond acceptors (Lipinski definition) is 2. The van der Waals surface area contributed by atoms with Crippen LogP contribution >= 0.6 is 0 Å². The van der Waals surface area contributed by atoms with Gasteiger partial charge in [0, 0.05) is 13.5 Å². The van der Waals surface area contributed by atoms with E-state index in [4.69, 9.17) is 4.74 Å². The summed E-state index contributed by atoms with van der Waals surface area (Å²) < 4.78 is 5.17. The molecule has 0 aromatic rings. The molecule has 0 aliphatic heterocycles. The molecule has 0 aromatic heterocycles. The second-order valence-electron chi connectivity index (χ2n) is 3.94. The predicted octanol–water partition coefficient (Wildman–Crippen LogP) is 2.81. The molecule has 1 atom stereocenters. The molecule has 0 fully saturated rings. The number of carbonyl (C=O) groups is 1. The van der Waals surface area contributed by atoms with Crippen molar-refractivity contribution in [3.63, 3.8) is 0 Å². The van der Waals surface area contributed by atoms with Crippen LogP contribution in [0.15, 0.2) is 0 Å². The zero-order chi connectivity index (χ0) is 10.1. The second kappa shape index (κ2) is 8.24. The van der Waals surface area contributed by atoms with Crippen LogP contribution in [0, 0.1) is 5.92 Å². The summed E-state index contributed by atoms with van der Waals surface area (Å²) in [6, 6.07) is 0. The number of ether oxygens (including phenoxy) is 1. The van der Waals surface area contributed by atoms with Crippen LogP contribution in [0.3, 0.4) is 0 Å². The molecule has 0 N–H and O–H groups in total. The quantitative estimate of drug-likeness (QED) is 0.430. The number of methoxy groups -OCH3 is 1. The molecule has 0 bridgehead atoms. The van der Waals surface area contributed by atoms with E-state index in [1.165, 1.54) is 19.3 Å². The van der Waals surface area contributed by atoms with Gasteiger partial charge in [0.05, 0.1) is 6.10 Å². The minimum absolute atomic E-state index is 0.143. The predicted molar refractivity (Wildman–Crippen MR) is 54.8 cm³/mol. The zero-order valence-electron chi connectivity index (χ0n) is 9.08. The van der Waals surface area contributed by atoms with E-state index in [0.29, 0.717) is 6.42 Å². The summed E-state index contributed by atoms with van der Waals surface area (Å²) in [5, 5.41) is 0. The molecular weight excluding hydrogens is 164 g/mol. The topological polar surface area (TPSA) is 26.3 Å². The highest BCUT2D eigenvalue weighted by Gasteiger charge is 2.05. The molecule has 2 heteroatoms. The highest BCUT2D eigenvalue weighted by molar-refractivity contribution is 5.50. The summed E-state index contributed by atoms with van der Waals surface area (Å²) in [6.45, 7) is 4.47. The maximum absolute atomic E-state index is 10.2. The van der Waals surface area contributed by atoms with Gasteiger partial charge in [-0.15, -0.1) is 0 Å². The van der Waals surface area contributed by atoms with E-state index in [2.05, 4.69) is 13.8 Å². The lowest BCUT2D eigenvalue weighted by Gasteiger charge is -2.12. The van der Waals surface area contributed by atoms with Crippen molar-refractivity contribution in [1.29, 1.82) is 0 Å². The van der Waals surface area contributed by atoms with E-state index < -0.39 is 0 Å². The normalized spacial score (nSPS) is 13.2. The van der Waals surface area contributed by atoms with E-state index in [1.807, 2.05) is 0 Å². The van der Waals surface area contributed by atoms with E-state index >= 15 is 0 Å². The highest BCUT2D eigenvalue weighted by Crippen LogP contribution is 2.11. The third-order valence-corrected chi connectivity index (χ3v) is 2.25. The van der Waals surface area contributed by atoms with Gasteiger partial charge < -0.3 is 9.53 Å². The average molecular weight is 186 g/mol. The van der Waals surface area contributed by atoms with Crippen molar-refractivity contribution in [3.05, 3.63) is 0 Å². The Balaban J connectivity index is 3.32. The Labute approximate surface area is 81.7 Å². The van der Waals surface area contributed by atoms with Crippen LogP contribution < -0.4 is 0 Å². The first-order chi connectivity index (χ1) is 6.20. The Kier molecular flexibility index (Phi) is 8.00. The molecule has 78 valence electrons. The average Bonchev–Trinajstić information content (AvgIpc) is 2.10. The Morgan fingerprint density at radius 3 is 2.31 bits per heavy atom. The van der Waals surface area contributed by atoms with Crippen LogP contribution in [-0.2, 0) is 9.53 Å². The molecule has 2 nitrogen and oxygen atoms in total. The fourth-order valence-electron chi connectivity index (χ4n) is 1.36. The van der Waals surface area contributed by atoms with Gasteiger partial charge in [0.15, 0.2) is 0 Å². The van der Waals surface area contributed by atoms with E-state index in [1.54, 1.807) is 7.11 Å². The first kappa shape index (κ1) is 12.6. The van der Waals surface area contributed by atoms with Gasteiger partial charge in [-0.2, -0.15) is 0 Å². The lowest BCUT2D eigenvalue weighted by atomic mass is 10.0. The van der Waals surface area contributed by atoms with Gasteiger partial charge >= 0.3 is 0 Å². The van der Waals surface area contributed by atoms with Crippen molar-refractivity contribution in [3.8, 4) is 0 Å². The van der Waals surface area contributed by atoms with E-state index in [9.17, 15) is 4.79 Å². The third-order valence-electron chi connectivity index (χ3n) is 2.25. The summed E-state index contributed by atoms with van der Waals surface area (Å²) in [5.41, 5.74) is 0. The van der Waals surface area contributed by atoms with Gasteiger partial charge in [-0.1, -0.05) is 33.1 Å². The first-order valence-corrected chi connectivity index (χ1v) is 5.17. The summed E-state index contributed by atoms with van der Waals surface area (Å²) in [6.07, 6.45) is 6.33. The lowest BCUT2D eigenvalue weighted by molar-refractivity contribution is -0.110. The van der Waals surface area contributed by atoms with Crippen molar-refractivity contribution >= 4 is 6.29 Å². The van der Waals surface area contributed by atoms with Gasteiger partial charge in [-0.25, -0.2) is 0 Å². The first-order valence-electron chi connectivity index (χ1n) is 5.17. The number of rotatable bonds is 8. The molecule has 0 saturated heterocycles. The fourth-order valence-corrected chi connectivity index (χ4v) is 1.36. The molecule has 0 amide bonds. The third kappa shape index (κ3) is 7.97. The summed E-state index contributed by atoms with van der Waals surface area (Å²) in [7, 11) is 1.68. The Morgan fingerprint density at radius 2 is 1.85 bits per heavy atom. The molecule has 0 aliphatic rings. The van der Waals surface area contributed by atoms with Gasteiger partial charge in [-0.05, 0) is 12.3 Å². The van der Waals surface area contributed by atoms with Crippen LogP contribution in [0.4, 0.5) is 0 Å². The van der Waals surface area contributed by atoms with Gasteiger partial charge in [-0.3, -0.25) is 0 Å². The second-order valence-corrected chi connectivity index (χ2v) is 3.94.